The van der Waals surface area contributed by atoms with Gasteiger partial charge >= 0.3 is 0 Å². The molecular weight excluding hydrogens is 306 g/mol. The van der Waals surface area contributed by atoms with Crippen molar-refractivity contribution >= 4 is 23.2 Å². The Bertz CT molecular complexity index is 471. The number of hydrogen-bond donors (Lipinski definition) is 1. The van der Waals surface area contributed by atoms with E-state index in [4.69, 9.17) is 12.2 Å². The lowest BCUT2D eigenvalue weighted by atomic mass is 9.53. The molecule has 4 bridgehead atoms. The topological polar surface area (TPSA) is 35.6 Å². The number of nitrogens with one attached hydrogen (secondary N) is 1. The zero-order valence-electron chi connectivity index (χ0n) is 14.2. The second-order valence-electron chi connectivity index (χ2n) is 8.47. The summed E-state index contributed by atoms with van der Waals surface area (Å²) >= 11 is 5.79. The van der Waals surface area contributed by atoms with Crippen LogP contribution in [0.3, 0.4) is 0 Å². The number of rotatable bonds is 1. The van der Waals surface area contributed by atoms with Crippen molar-refractivity contribution in [2.75, 3.05) is 26.2 Å². The summed E-state index contributed by atoms with van der Waals surface area (Å²) in [5, 5.41) is 4.76. The van der Waals surface area contributed by atoms with Gasteiger partial charge < -0.3 is 15.1 Å². The molecule has 1 N–H and O–H groups in total. The number of amides is 1. The van der Waals surface area contributed by atoms with Crippen LogP contribution < -0.4 is 5.32 Å². The number of thiocarbonyl (C=S) groups is 1. The molecule has 0 spiro atoms. The first-order valence-corrected chi connectivity index (χ1v) is 9.76. The third kappa shape index (κ3) is 3.09. The van der Waals surface area contributed by atoms with Crippen LogP contribution in [0.4, 0.5) is 0 Å². The van der Waals surface area contributed by atoms with Gasteiger partial charge in [-0.2, -0.15) is 0 Å². The van der Waals surface area contributed by atoms with Crippen molar-refractivity contribution in [1.29, 1.82) is 0 Å². The van der Waals surface area contributed by atoms with E-state index >= 15 is 0 Å². The van der Waals surface area contributed by atoms with Crippen LogP contribution in [-0.4, -0.2) is 52.5 Å². The highest BCUT2D eigenvalue weighted by Crippen LogP contribution is 2.55. The maximum absolute atomic E-state index is 11.6. The molecule has 1 aliphatic heterocycles. The quantitative estimate of drug-likeness (QED) is 0.747. The summed E-state index contributed by atoms with van der Waals surface area (Å²) in [6, 6.07) is 0. The summed E-state index contributed by atoms with van der Waals surface area (Å²) in [5.74, 6) is 3.00. The zero-order valence-corrected chi connectivity index (χ0v) is 15.0. The molecule has 0 aromatic rings. The normalized spacial score (nSPS) is 39.3. The van der Waals surface area contributed by atoms with E-state index in [-0.39, 0.29) is 5.91 Å². The molecule has 5 fully saturated rings. The van der Waals surface area contributed by atoms with Crippen molar-refractivity contribution in [1.82, 2.24) is 15.1 Å². The molecule has 5 aliphatic rings. The third-order valence-electron chi connectivity index (χ3n) is 6.64. The van der Waals surface area contributed by atoms with Gasteiger partial charge in [0.15, 0.2) is 5.11 Å². The number of nitrogens with zero attached hydrogens (tertiary/aromatic N) is 2. The monoisotopic (exact) mass is 335 g/mol. The summed E-state index contributed by atoms with van der Waals surface area (Å²) < 4.78 is 0. The van der Waals surface area contributed by atoms with Crippen LogP contribution in [0.15, 0.2) is 0 Å². The number of carbonyl (C=O) groups is 1. The van der Waals surface area contributed by atoms with E-state index in [1.165, 1.54) is 38.5 Å². The Labute approximate surface area is 145 Å². The molecule has 4 saturated carbocycles. The van der Waals surface area contributed by atoms with E-state index in [2.05, 4.69) is 10.2 Å². The van der Waals surface area contributed by atoms with Crippen LogP contribution in [-0.2, 0) is 4.79 Å². The Kier molecular flexibility index (Phi) is 4.02. The van der Waals surface area contributed by atoms with E-state index in [0.717, 1.165) is 55.5 Å². The van der Waals surface area contributed by atoms with Crippen LogP contribution >= 0.6 is 12.2 Å². The molecule has 4 aliphatic carbocycles. The average molecular weight is 336 g/mol. The lowest BCUT2D eigenvalue weighted by Gasteiger charge is -2.57. The van der Waals surface area contributed by atoms with E-state index in [1.54, 1.807) is 6.92 Å². The highest BCUT2D eigenvalue weighted by Gasteiger charge is 2.51. The molecule has 1 amide bonds. The zero-order chi connectivity index (χ0) is 16.0. The predicted molar refractivity (Wildman–Crippen MR) is 95.1 cm³/mol. The van der Waals surface area contributed by atoms with E-state index in [1.807, 2.05) is 4.90 Å². The minimum atomic E-state index is 0.187. The first-order valence-electron chi connectivity index (χ1n) is 9.36. The molecule has 0 atom stereocenters. The van der Waals surface area contributed by atoms with Crippen LogP contribution in [0.5, 0.6) is 0 Å². The van der Waals surface area contributed by atoms with Crippen LogP contribution in [0.1, 0.15) is 51.9 Å². The van der Waals surface area contributed by atoms with Gasteiger partial charge in [0.1, 0.15) is 0 Å². The molecule has 128 valence electrons. The lowest BCUT2D eigenvalue weighted by molar-refractivity contribution is -0.128. The van der Waals surface area contributed by atoms with Crippen LogP contribution in [0.25, 0.3) is 0 Å². The largest absolute Gasteiger partial charge is 0.357 e. The predicted octanol–water partition coefficient (Wildman–Crippen LogP) is 2.38. The summed E-state index contributed by atoms with van der Waals surface area (Å²) in [6.45, 7) is 5.19. The summed E-state index contributed by atoms with van der Waals surface area (Å²) in [4.78, 5) is 15.8. The van der Waals surface area contributed by atoms with Gasteiger partial charge in [-0.25, -0.2) is 0 Å². The Morgan fingerprint density at radius 1 is 0.957 bits per heavy atom. The van der Waals surface area contributed by atoms with Crippen molar-refractivity contribution in [2.45, 2.75) is 57.4 Å². The fraction of sp³-hybridized carbons (Fsp3) is 0.889. The minimum absolute atomic E-state index is 0.187. The molecule has 23 heavy (non-hydrogen) atoms. The van der Waals surface area contributed by atoms with Gasteiger partial charge in [-0.15, -0.1) is 0 Å². The van der Waals surface area contributed by atoms with Crippen molar-refractivity contribution < 1.29 is 4.79 Å². The molecule has 5 rings (SSSR count). The first kappa shape index (κ1) is 15.7. The Hall–Kier alpha value is -0.840. The molecule has 0 unspecified atom stereocenters. The van der Waals surface area contributed by atoms with Crippen molar-refractivity contribution in [2.24, 2.45) is 17.8 Å². The van der Waals surface area contributed by atoms with E-state index in [0.29, 0.717) is 5.54 Å². The molecule has 0 aromatic carbocycles. The summed E-state index contributed by atoms with van der Waals surface area (Å²) in [5.41, 5.74) is 0.290. The SMILES string of the molecule is CC(=O)N1CCCN(C(=S)NC23CC4CC(CC(C4)C2)C3)CC1. The van der Waals surface area contributed by atoms with Crippen molar-refractivity contribution in [3.63, 3.8) is 0 Å². The molecule has 0 aromatic heterocycles. The standard InChI is InChI=1S/C18H29N3OS/c1-13(22)20-3-2-4-21(6-5-20)17(23)19-18-10-14-7-15(11-18)9-16(8-14)12-18/h14-16H,2-12H2,1H3,(H,19,23). The molecule has 1 heterocycles. The van der Waals surface area contributed by atoms with Gasteiger partial charge in [-0.1, -0.05) is 0 Å². The summed E-state index contributed by atoms with van der Waals surface area (Å²) in [7, 11) is 0. The number of hydrogen-bond acceptors (Lipinski definition) is 2. The average Bonchev–Trinajstić information content (AvgIpc) is 2.71. The van der Waals surface area contributed by atoms with Gasteiger partial charge in [0, 0.05) is 38.6 Å². The second-order valence-corrected chi connectivity index (χ2v) is 8.86. The second kappa shape index (κ2) is 5.91. The molecule has 4 nitrogen and oxygen atoms in total. The molecule has 0 radical (unpaired) electrons. The Morgan fingerprint density at radius 2 is 1.48 bits per heavy atom. The number of carbonyl (C=O) groups excluding carboxylic acids is 1. The van der Waals surface area contributed by atoms with Gasteiger partial charge in [-0.3, -0.25) is 4.79 Å². The van der Waals surface area contributed by atoms with Gasteiger partial charge in [-0.05, 0) is 74.9 Å². The fourth-order valence-corrected chi connectivity index (χ4v) is 6.40. The maximum Gasteiger partial charge on any atom is 0.219 e. The molecular formula is C18H29N3OS. The smallest absolute Gasteiger partial charge is 0.219 e. The lowest BCUT2D eigenvalue weighted by Crippen LogP contribution is -2.62. The summed E-state index contributed by atoms with van der Waals surface area (Å²) in [6.07, 6.45) is 9.38. The maximum atomic E-state index is 11.6. The van der Waals surface area contributed by atoms with Gasteiger partial charge in [0.05, 0.1) is 0 Å². The Morgan fingerprint density at radius 3 is 2.04 bits per heavy atom. The van der Waals surface area contributed by atoms with Crippen LogP contribution in [0.2, 0.25) is 0 Å². The van der Waals surface area contributed by atoms with Crippen molar-refractivity contribution in [3.05, 3.63) is 0 Å². The van der Waals surface area contributed by atoms with E-state index in [9.17, 15) is 4.79 Å². The molecule has 5 heteroatoms. The molecule has 1 saturated heterocycles. The van der Waals surface area contributed by atoms with Crippen molar-refractivity contribution in [3.8, 4) is 0 Å². The van der Waals surface area contributed by atoms with Gasteiger partial charge in [0.25, 0.3) is 0 Å². The first-order chi connectivity index (χ1) is 11.0. The highest BCUT2D eigenvalue weighted by atomic mass is 32.1. The third-order valence-corrected chi connectivity index (χ3v) is 7.00. The fourth-order valence-electron chi connectivity index (χ4n) is 6.01. The Balaban J connectivity index is 1.39. The van der Waals surface area contributed by atoms with Gasteiger partial charge in [0.2, 0.25) is 5.91 Å². The van der Waals surface area contributed by atoms with Crippen LogP contribution in [0, 0.1) is 17.8 Å². The minimum Gasteiger partial charge on any atom is -0.357 e. The van der Waals surface area contributed by atoms with E-state index < -0.39 is 0 Å². The highest BCUT2D eigenvalue weighted by molar-refractivity contribution is 7.80.